The van der Waals surface area contributed by atoms with Crippen molar-refractivity contribution in [2.75, 3.05) is 27.2 Å². The van der Waals surface area contributed by atoms with Crippen molar-refractivity contribution in [1.82, 2.24) is 24.9 Å². The lowest BCUT2D eigenvalue weighted by Crippen LogP contribution is -2.36. The Kier molecular flexibility index (Phi) is 6.87. The molecule has 0 aliphatic heterocycles. The number of hydrogen-bond acceptors (Lipinski definition) is 6. The molecule has 2 rings (SSSR count). The molecule has 2 heterocycles. The number of nitrogens with zero attached hydrogens (tertiary/aromatic N) is 5. The van der Waals surface area contributed by atoms with Crippen LogP contribution in [0.4, 0.5) is 0 Å². The molecule has 130 valence electrons. The molecule has 0 unspecified atom stereocenters. The Hall–Kier alpha value is -2.28. The minimum Gasteiger partial charge on any atom is -0.339 e. The van der Waals surface area contributed by atoms with Crippen LogP contribution in [0.15, 0.2) is 29.0 Å². The maximum Gasteiger partial charge on any atom is 0.226 e. The van der Waals surface area contributed by atoms with Crippen LogP contribution in [0.2, 0.25) is 0 Å². The van der Waals surface area contributed by atoms with E-state index in [1.54, 1.807) is 19.3 Å². The Morgan fingerprint density at radius 1 is 1.29 bits per heavy atom. The zero-order valence-corrected chi connectivity index (χ0v) is 14.6. The predicted octanol–water partition coefficient (Wildman–Crippen LogP) is 1.69. The van der Waals surface area contributed by atoms with Crippen LogP contribution in [0.25, 0.3) is 0 Å². The number of carbonyl (C=O) groups is 1. The maximum absolute atomic E-state index is 12.6. The average molecular weight is 331 g/mol. The molecule has 0 N–H and O–H groups in total. The average Bonchev–Trinajstić information content (AvgIpc) is 2.97. The molecular formula is C17H25N5O2. The first-order valence-corrected chi connectivity index (χ1v) is 8.15. The third-order valence-corrected chi connectivity index (χ3v) is 3.62. The fourth-order valence-corrected chi connectivity index (χ4v) is 2.32. The van der Waals surface area contributed by atoms with E-state index >= 15 is 0 Å². The van der Waals surface area contributed by atoms with Gasteiger partial charge in [0.2, 0.25) is 11.8 Å². The van der Waals surface area contributed by atoms with Crippen molar-refractivity contribution in [3.63, 3.8) is 0 Å². The summed E-state index contributed by atoms with van der Waals surface area (Å²) in [4.78, 5) is 24.8. The quantitative estimate of drug-likeness (QED) is 0.696. The van der Waals surface area contributed by atoms with Gasteiger partial charge in [-0.15, -0.1) is 0 Å². The molecule has 2 aromatic rings. The van der Waals surface area contributed by atoms with E-state index in [2.05, 4.69) is 20.0 Å². The van der Waals surface area contributed by atoms with Crippen LogP contribution in [0.3, 0.4) is 0 Å². The standard InChI is InChI=1S/C17H25N5O2/c1-14-19-16(24-20-14)7-4-8-17(23)22(11-10-21(2)3)13-15-6-5-9-18-12-15/h5-6,9,12H,4,7-8,10-11,13H2,1-3H3. The number of amides is 1. The Balaban J connectivity index is 1.88. The zero-order valence-electron chi connectivity index (χ0n) is 14.6. The number of rotatable bonds is 9. The first-order chi connectivity index (χ1) is 11.5. The summed E-state index contributed by atoms with van der Waals surface area (Å²) in [5, 5.41) is 3.76. The Morgan fingerprint density at radius 2 is 2.12 bits per heavy atom. The van der Waals surface area contributed by atoms with Gasteiger partial charge in [-0.3, -0.25) is 9.78 Å². The maximum atomic E-state index is 12.6. The van der Waals surface area contributed by atoms with Crippen LogP contribution >= 0.6 is 0 Å². The second kappa shape index (κ2) is 9.12. The fraction of sp³-hybridized carbons (Fsp3) is 0.529. The summed E-state index contributed by atoms with van der Waals surface area (Å²) in [6.07, 6.45) is 5.33. The molecule has 0 spiro atoms. The van der Waals surface area contributed by atoms with E-state index in [0.717, 1.165) is 12.1 Å². The first kappa shape index (κ1) is 18.1. The van der Waals surface area contributed by atoms with Gasteiger partial charge in [0.15, 0.2) is 5.82 Å². The van der Waals surface area contributed by atoms with Crippen LogP contribution in [-0.2, 0) is 17.8 Å². The highest BCUT2D eigenvalue weighted by molar-refractivity contribution is 5.76. The van der Waals surface area contributed by atoms with Gasteiger partial charge in [-0.1, -0.05) is 11.2 Å². The molecule has 0 aliphatic carbocycles. The zero-order chi connectivity index (χ0) is 17.4. The van der Waals surface area contributed by atoms with Crippen molar-refractivity contribution < 1.29 is 9.32 Å². The van der Waals surface area contributed by atoms with Gasteiger partial charge >= 0.3 is 0 Å². The Morgan fingerprint density at radius 3 is 2.75 bits per heavy atom. The largest absolute Gasteiger partial charge is 0.339 e. The van der Waals surface area contributed by atoms with E-state index in [0.29, 0.717) is 44.1 Å². The van der Waals surface area contributed by atoms with E-state index in [4.69, 9.17) is 4.52 Å². The fourth-order valence-electron chi connectivity index (χ4n) is 2.32. The number of aryl methyl sites for hydroxylation is 2. The molecule has 0 fully saturated rings. The topological polar surface area (TPSA) is 75.4 Å². The van der Waals surface area contributed by atoms with Crippen molar-refractivity contribution in [3.05, 3.63) is 41.8 Å². The van der Waals surface area contributed by atoms with Crippen LogP contribution in [-0.4, -0.2) is 58.0 Å². The van der Waals surface area contributed by atoms with Gasteiger partial charge < -0.3 is 14.3 Å². The van der Waals surface area contributed by atoms with Gasteiger partial charge in [-0.05, 0) is 39.1 Å². The van der Waals surface area contributed by atoms with Crippen molar-refractivity contribution in [2.45, 2.75) is 32.7 Å². The number of carbonyl (C=O) groups excluding carboxylic acids is 1. The molecule has 1 amide bonds. The molecule has 24 heavy (non-hydrogen) atoms. The monoisotopic (exact) mass is 331 g/mol. The lowest BCUT2D eigenvalue weighted by Gasteiger charge is -2.24. The molecule has 0 saturated heterocycles. The predicted molar refractivity (Wildman–Crippen MR) is 90.2 cm³/mol. The summed E-state index contributed by atoms with van der Waals surface area (Å²) in [6.45, 7) is 3.89. The van der Waals surface area contributed by atoms with Crippen molar-refractivity contribution in [2.24, 2.45) is 0 Å². The van der Waals surface area contributed by atoms with Gasteiger partial charge in [0.1, 0.15) is 0 Å². The summed E-state index contributed by atoms with van der Waals surface area (Å²) in [7, 11) is 4.01. The summed E-state index contributed by atoms with van der Waals surface area (Å²) in [6, 6.07) is 3.88. The Bertz CT molecular complexity index is 627. The van der Waals surface area contributed by atoms with Crippen molar-refractivity contribution in [1.29, 1.82) is 0 Å². The van der Waals surface area contributed by atoms with E-state index < -0.39 is 0 Å². The minimum atomic E-state index is 0.136. The highest BCUT2D eigenvalue weighted by Crippen LogP contribution is 2.09. The molecule has 2 aromatic heterocycles. The Labute approximate surface area is 142 Å². The second-order valence-corrected chi connectivity index (χ2v) is 6.07. The first-order valence-electron chi connectivity index (χ1n) is 8.15. The van der Waals surface area contributed by atoms with Gasteiger partial charge in [-0.2, -0.15) is 4.98 Å². The molecule has 0 aliphatic rings. The van der Waals surface area contributed by atoms with Gasteiger partial charge in [0, 0.05) is 44.9 Å². The molecule has 0 radical (unpaired) electrons. The van der Waals surface area contributed by atoms with Crippen LogP contribution in [0.5, 0.6) is 0 Å². The molecule has 0 atom stereocenters. The van der Waals surface area contributed by atoms with Gasteiger partial charge in [0.25, 0.3) is 0 Å². The third-order valence-electron chi connectivity index (χ3n) is 3.62. The lowest BCUT2D eigenvalue weighted by molar-refractivity contribution is -0.132. The lowest BCUT2D eigenvalue weighted by atomic mass is 10.2. The number of aromatic nitrogens is 3. The molecule has 0 aromatic carbocycles. The highest BCUT2D eigenvalue weighted by atomic mass is 16.5. The summed E-state index contributed by atoms with van der Waals surface area (Å²) >= 11 is 0. The second-order valence-electron chi connectivity index (χ2n) is 6.07. The van der Waals surface area contributed by atoms with E-state index in [-0.39, 0.29) is 5.91 Å². The normalized spacial score (nSPS) is 11.0. The minimum absolute atomic E-state index is 0.136. The van der Waals surface area contributed by atoms with E-state index in [9.17, 15) is 4.79 Å². The van der Waals surface area contributed by atoms with E-state index in [1.807, 2.05) is 31.1 Å². The van der Waals surface area contributed by atoms with Gasteiger partial charge in [0.05, 0.1) is 0 Å². The highest BCUT2D eigenvalue weighted by Gasteiger charge is 2.15. The summed E-state index contributed by atoms with van der Waals surface area (Å²) in [5.41, 5.74) is 1.04. The van der Waals surface area contributed by atoms with Crippen LogP contribution in [0.1, 0.15) is 30.1 Å². The summed E-state index contributed by atoms with van der Waals surface area (Å²) < 4.78 is 5.08. The van der Waals surface area contributed by atoms with Crippen molar-refractivity contribution in [3.8, 4) is 0 Å². The molecular weight excluding hydrogens is 306 g/mol. The van der Waals surface area contributed by atoms with Crippen LogP contribution in [0, 0.1) is 6.92 Å². The van der Waals surface area contributed by atoms with E-state index in [1.165, 1.54) is 0 Å². The van der Waals surface area contributed by atoms with Gasteiger partial charge in [-0.25, -0.2) is 0 Å². The third kappa shape index (κ3) is 6.08. The summed E-state index contributed by atoms with van der Waals surface area (Å²) in [5.74, 6) is 1.35. The SMILES string of the molecule is Cc1noc(CCCC(=O)N(CCN(C)C)Cc2cccnc2)n1. The van der Waals surface area contributed by atoms with Crippen molar-refractivity contribution >= 4 is 5.91 Å². The number of likely N-dealkylation sites (N-methyl/N-ethyl adjacent to an activating group) is 1. The number of hydrogen-bond donors (Lipinski definition) is 0. The number of pyridine rings is 1. The molecule has 7 nitrogen and oxygen atoms in total. The molecule has 0 saturated carbocycles. The smallest absolute Gasteiger partial charge is 0.226 e. The molecule has 0 bridgehead atoms. The van der Waals surface area contributed by atoms with Crippen LogP contribution < -0.4 is 0 Å². The molecule has 7 heteroatoms.